The minimum atomic E-state index is -1.24. The van der Waals surface area contributed by atoms with Crippen molar-refractivity contribution in [1.29, 1.82) is 0 Å². The highest BCUT2D eigenvalue weighted by molar-refractivity contribution is 5.99. The highest BCUT2D eigenvalue weighted by atomic mass is 16.5. The summed E-state index contributed by atoms with van der Waals surface area (Å²) < 4.78 is 4.92. The third kappa shape index (κ3) is 1.89. The van der Waals surface area contributed by atoms with E-state index in [-0.39, 0.29) is 0 Å². The summed E-state index contributed by atoms with van der Waals surface area (Å²) in [6.07, 6.45) is 3.16. The molecule has 1 rings (SSSR count). The quantitative estimate of drug-likeness (QED) is 0.552. The van der Waals surface area contributed by atoms with Gasteiger partial charge in [-0.05, 0) is 19.3 Å². The van der Waals surface area contributed by atoms with E-state index in [0.29, 0.717) is 19.4 Å². The van der Waals surface area contributed by atoms with E-state index in [1.807, 2.05) is 6.92 Å². The van der Waals surface area contributed by atoms with Crippen LogP contribution < -0.4 is 0 Å². The smallest absolute Gasteiger partial charge is 0.323 e. The molecule has 80 valence electrons. The second-order valence-electron chi connectivity index (χ2n) is 3.73. The zero-order valence-corrected chi connectivity index (χ0v) is 8.41. The summed E-state index contributed by atoms with van der Waals surface area (Å²) in [5.41, 5.74) is -1.24. The van der Waals surface area contributed by atoms with E-state index < -0.39 is 17.4 Å². The molecule has 4 nitrogen and oxygen atoms in total. The SMILES string of the molecule is CCCOC(=O)C1(C(=O)O)CCCC1. The van der Waals surface area contributed by atoms with E-state index >= 15 is 0 Å². The van der Waals surface area contributed by atoms with Crippen molar-refractivity contribution in [2.24, 2.45) is 5.41 Å². The van der Waals surface area contributed by atoms with Gasteiger partial charge in [0, 0.05) is 0 Å². The molecule has 0 aliphatic heterocycles. The third-order valence-corrected chi connectivity index (χ3v) is 2.69. The van der Waals surface area contributed by atoms with E-state index in [1.54, 1.807) is 0 Å². The summed E-state index contributed by atoms with van der Waals surface area (Å²) in [5, 5.41) is 9.03. The van der Waals surface area contributed by atoms with E-state index in [4.69, 9.17) is 9.84 Å². The van der Waals surface area contributed by atoms with E-state index in [2.05, 4.69) is 0 Å². The van der Waals surface area contributed by atoms with Gasteiger partial charge in [-0.15, -0.1) is 0 Å². The number of hydrogen-bond acceptors (Lipinski definition) is 3. The molecule has 0 heterocycles. The highest BCUT2D eigenvalue weighted by Crippen LogP contribution is 2.39. The Morgan fingerprint density at radius 2 is 1.93 bits per heavy atom. The Kier molecular flexibility index (Phi) is 3.49. The van der Waals surface area contributed by atoms with E-state index in [1.165, 1.54) is 0 Å². The lowest BCUT2D eigenvalue weighted by Crippen LogP contribution is -2.38. The molecule has 0 saturated heterocycles. The zero-order chi connectivity index (χ0) is 10.6. The van der Waals surface area contributed by atoms with Crippen LogP contribution in [-0.4, -0.2) is 23.7 Å². The molecule has 0 spiro atoms. The largest absolute Gasteiger partial charge is 0.480 e. The van der Waals surface area contributed by atoms with Gasteiger partial charge in [-0.2, -0.15) is 0 Å². The van der Waals surface area contributed by atoms with Crippen molar-refractivity contribution in [3.8, 4) is 0 Å². The van der Waals surface area contributed by atoms with Crippen LogP contribution in [-0.2, 0) is 14.3 Å². The van der Waals surface area contributed by atoms with E-state index in [9.17, 15) is 9.59 Å². The van der Waals surface area contributed by atoms with Crippen LogP contribution in [0.1, 0.15) is 39.0 Å². The summed E-state index contributed by atoms with van der Waals surface area (Å²) in [4.78, 5) is 22.6. The average Bonchev–Trinajstić information content (AvgIpc) is 2.63. The standard InChI is InChI=1S/C10H16O4/c1-2-7-14-9(13)10(8(11)12)5-3-4-6-10/h2-7H2,1H3,(H,11,12). The lowest BCUT2D eigenvalue weighted by atomic mass is 9.86. The number of carboxylic acid groups (broad SMARTS) is 1. The molecule has 14 heavy (non-hydrogen) atoms. The number of carbonyl (C=O) groups excluding carboxylic acids is 1. The number of rotatable bonds is 4. The first kappa shape index (κ1) is 11.0. The van der Waals surface area contributed by atoms with Crippen molar-refractivity contribution in [1.82, 2.24) is 0 Å². The molecule has 4 heteroatoms. The fraction of sp³-hybridized carbons (Fsp3) is 0.800. The number of hydrogen-bond donors (Lipinski definition) is 1. The Morgan fingerprint density at radius 3 is 2.36 bits per heavy atom. The van der Waals surface area contributed by atoms with Gasteiger partial charge in [-0.1, -0.05) is 19.8 Å². The second-order valence-corrected chi connectivity index (χ2v) is 3.73. The molecule has 1 aliphatic rings. The molecule has 0 atom stereocenters. The second kappa shape index (κ2) is 4.44. The number of ether oxygens (including phenoxy) is 1. The molecule has 0 aromatic rings. The predicted octanol–water partition coefficient (Wildman–Crippen LogP) is 1.58. The molecular formula is C10H16O4. The highest BCUT2D eigenvalue weighted by Gasteiger charge is 2.49. The lowest BCUT2D eigenvalue weighted by molar-refractivity contribution is -0.168. The predicted molar refractivity (Wildman–Crippen MR) is 49.8 cm³/mol. The first-order valence-corrected chi connectivity index (χ1v) is 5.04. The Hall–Kier alpha value is -1.06. The summed E-state index contributed by atoms with van der Waals surface area (Å²) in [7, 11) is 0. The number of esters is 1. The maximum atomic E-state index is 11.6. The first-order chi connectivity index (χ1) is 6.63. The topological polar surface area (TPSA) is 63.6 Å². The maximum absolute atomic E-state index is 11.6. The number of carbonyl (C=O) groups is 2. The van der Waals surface area contributed by atoms with Crippen molar-refractivity contribution in [2.75, 3.05) is 6.61 Å². The normalized spacial score (nSPS) is 19.2. The van der Waals surface area contributed by atoms with Gasteiger partial charge in [0.1, 0.15) is 0 Å². The summed E-state index contributed by atoms with van der Waals surface area (Å²) in [6, 6.07) is 0. The van der Waals surface area contributed by atoms with Crippen LogP contribution in [0.25, 0.3) is 0 Å². The third-order valence-electron chi connectivity index (χ3n) is 2.69. The van der Waals surface area contributed by atoms with Gasteiger partial charge in [0.25, 0.3) is 0 Å². The molecule has 0 aromatic heterocycles. The zero-order valence-electron chi connectivity index (χ0n) is 8.41. The number of carboxylic acids is 1. The van der Waals surface area contributed by atoms with Gasteiger partial charge < -0.3 is 9.84 Å². The molecule has 0 amide bonds. The first-order valence-electron chi connectivity index (χ1n) is 5.04. The summed E-state index contributed by atoms with van der Waals surface area (Å²) >= 11 is 0. The Bertz CT molecular complexity index is 228. The average molecular weight is 200 g/mol. The van der Waals surface area contributed by atoms with Crippen LogP contribution in [0.5, 0.6) is 0 Å². The van der Waals surface area contributed by atoms with Gasteiger partial charge in [-0.3, -0.25) is 9.59 Å². The van der Waals surface area contributed by atoms with Gasteiger partial charge in [0.05, 0.1) is 6.61 Å². The molecule has 0 aromatic carbocycles. The molecular weight excluding hydrogens is 184 g/mol. The molecule has 1 saturated carbocycles. The lowest BCUT2D eigenvalue weighted by Gasteiger charge is -2.21. The van der Waals surface area contributed by atoms with Gasteiger partial charge in [-0.25, -0.2) is 0 Å². The van der Waals surface area contributed by atoms with Gasteiger partial charge >= 0.3 is 11.9 Å². The molecule has 1 N–H and O–H groups in total. The molecule has 0 unspecified atom stereocenters. The van der Waals surface area contributed by atoms with Crippen molar-refractivity contribution in [3.63, 3.8) is 0 Å². The van der Waals surface area contributed by atoms with Crippen LogP contribution >= 0.6 is 0 Å². The van der Waals surface area contributed by atoms with Crippen LogP contribution in [0.2, 0.25) is 0 Å². The fourth-order valence-electron chi connectivity index (χ4n) is 1.82. The van der Waals surface area contributed by atoms with Crippen molar-refractivity contribution in [2.45, 2.75) is 39.0 Å². The van der Waals surface area contributed by atoms with Crippen LogP contribution in [0.3, 0.4) is 0 Å². The number of aliphatic carboxylic acids is 1. The summed E-state index contributed by atoms with van der Waals surface area (Å²) in [6.45, 7) is 2.20. The minimum Gasteiger partial charge on any atom is -0.480 e. The van der Waals surface area contributed by atoms with Crippen LogP contribution in [0.4, 0.5) is 0 Å². The van der Waals surface area contributed by atoms with E-state index in [0.717, 1.165) is 19.3 Å². The molecule has 0 radical (unpaired) electrons. The minimum absolute atomic E-state index is 0.313. The van der Waals surface area contributed by atoms with Gasteiger partial charge in [0.15, 0.2) is 5.41 Å². The van der Waals surface area contributed by atoms with Crippen molar-refractivity contribution < 1.29 is 19.4 Å². The monoisotopic (exact) mass is 200 g/mol. The van der Waals surface area contributed by atoms with Gasteiger partial charge in [0.2, 0.25) is 0 Å². The Labute approximate surface area is 83.2 Å². The van der Waals surface area contributed by atoms with Crippen molar-refractivity contribution in [3.05, 3.63) is 0 Å². The summed E-state index contributed by atoms with van der Waals surface area (Å²) in [5.74, 6) is -1.58. The van der Waals surface area contributed by atoms with Crippen LogP contribution in [0.15, 0.2) is 0 Å². The Balaban J connectivity index is 2.67. The van der Waals surface area contributed by atoms with Crippen molar-refractivity contribution >= 4 is 11.9 Å². The Morgan fingerprint density at radius 1 is 1.36 bits per heavy atom. The maximum Gasteiger partial charge on any atom is 0.323 e. The van der Waals surface area contributed by atoms with Crippen LogP contribution in [0, 0.1) is 5.41 Å². The molecule has 1 fully saturated rings. The molecule has 0 bridgehead atoms. The molecule has 1 aliphatic carbocycles. The fourth-order valence-corrected chi connectivity index (χ4v) is 1.82.